The number of carboxylic acid groups (broad SMARTS) is 1. The number of methoxy groups -OCH3 is 5. The summed E-state index contributed by atoms with van der Waals surface area (Å²) in [6.07, 6.45) is 0. The van der Waals surface area contributed by atoms with Crippen LogP contribution in [0.4, 0.5) is 0 Å². The molecule has 0 fully saturated rings. The van der Waals surface area contributed by atoms with Gasteiger partial charge in [0.25, 0.3) is 5.91 Å². The summed E-state index contributed by atoms with van der Waals surface area (Å²) in [6.45, 7) is 3.57. The molecular formula is C17H27NO7. The van der Waals surface area contributed by atoms with Gasteiger partial charge in [-0.05, 0) is 18.1 Å². The van der Waals surface area contributed by atoms with Gasteiger partial charge in [-0.15, -0.1) is 0 Å². The average Bonchev–Trinajstić information content (AvgIpc) is 2.61. The molecule has 142 valence electrons. The molecule has 25 heavy (non-hydrogen) atoms. The summed E-state index contributed by atoms with van der Waals surface area (Å²) in [4.78, 5) is 11.6. The molecule has 0 heterocycles. The van der Waals surface area contributed by atoms with Crippen molar-refractivity contribution in [3.05, 3.63) is 17.7 Å². The molecule has 0 saturated heterocycles. The molecule has 8 nitrogen and oxygen atoms in total. The molecular weight excluding hydrogens is 330 g/mol. The minimum absolute atomic E-state index is 0.215. The van der Waals surface area contributed by atoms with Gasteiger partial charge >= 0.3 is 5.97 Å². The Labute approximate surface area is 148 Å². The van der Waals surface area contributed by atoms with Crippen molar-refractivity contribution in [2.24, 2.45) is 5.92 Å². The minimum Gasteiger partial charge on any atom is -0.493 e. The molecule has 0 radical (unpaired) electrons. The number of rotatable bonds is 10. The predicted octanol–water partition coefficient (Wildman–Crippen LogP) is 1.81. The van der Waals surface area contributed by atoms with Crippen molar-refractivity contribution in [2.75, 3.05) is 35.5 Å². The summed E-state index contributed by atoms with van der Waals surface area (Å²) in [6, 6.07) is 2.41. The summed E-state index contributed by atoms with van der Waals surface area (Å²) in [5.41, 5.74) is 0.421. The number of carboxylic acids is 1. The first kappa shape index (κ1) is 21.0. The third-order valence-corrected chi connectivity index (χ3v) is 3.91. The van der Waals surface area contributed by atoms with Crippen LogP contribution in [0.3, 0.4) is 0 Å². The molecule has 0 spiro atoms. The van der Waals surface area contributed by atoms with E-state index in [-0.39, 0.29) is 5.92 Å². The van der Waals surface area contributed by atoms with Crippen molar-refractivity contribution in [2.45, 2.75) is 25.8 Å². The molecule has 0 amide bonds. The lowest BCUT2D eigenvalue weighted by molar-refractivity contribution is -0.246. The van der Waals surface area contributed by atoms with E-state index in [9.17, 15) is 9.90 Å². The van der Waals surface area contributed by atoms with E-state index in [0.29, 0.717) is 22.8 Å². The molecule has 0 bridgehead atoms. The normalized spacial score (nSPS) is 12.8. The van der Waals surface area contributed by atoms with Gasteiger partial charge in [0.15, 0.2) is 11.5 Å². The van der Waals surface area contributed by atoms with E-state index >= 15 is 0 Å². The van der Waals surface area contributed by atoms with Crippen LogP contribution < -0.4 is 19.5 Å². The van der Waals surface area contributed by atoms with Gasteiger partial charge in [0.2, 0.25) is 5.75 Å². The monoisotopic (exact) mass is 357 g/mol. The highest BCUT2D eigenvalue weighted by Gasteiger charge is 2.41. The van der Waals surface area contributed by atoms with Crippen LogP contribution in [0.5, 0.6) is 17.2 Å². The highest BCUT2D eigenvalue weighted by atomic mass is 16.7. The fourth-order valence-electron chi connectivity index (χ4n) is 2.58. The average molecular weight is 357 g/mol. The van der Waals surface area contributed by atoms with E-state index < -0.39 is 17.9 Å². The van der Waals surface area contributed by atoms with Crippen LogP contribution in [-0.4, -0.2) is 52.7 Å². The second-order valence-corrected chi connectivity index (χ2v) is 5.61. The second-order valence-electron chi connectivity index (χ2n) is 5.61. The molecule has 8 heteroatoms. The zero-order valence-corrected chi connectivity index (χ0v) is 15.7. The summed E-state index contributed by atoms with van der Waals surface area (Å²) < 4.78 is 27.2. The van der Waals surface area contributed by atoms with Crippen LogP contribution in [-0.2, 0) is 20.2 Å². The Morgan fingerprint density at radius 3 is 1.92 bits per heavy atom. The van der Waals surface area contributed by atoms with Gasteiger partial charge in [0.05, 0.1) is 26.9 Å². The third-order valence-electron chi connectivity index (χ3n) is 3.91. The number of ether oxygens (including phenoxy) is 5. The molecule has 2 N–H and O–H groups in total. The Kier molecular flexibility index (Phi) is 7.47. The van der Waals surface area contributed by atoms with Gasteiger partial charge in [-0.3, -0.25) is 4.79 Å². The van der Waals surface area contributed by atoms with Crippen LogP contribution in [0, 0.1) is 5.92 Å². The Morgan fingerprint density at radius 1 is 1.00 bits per heavy atom. The van der Waals surface area contributed by atoms with Crippen LogP contribution in [0.2, 0.25) is 0 Å². The molecule has 1 unspecified atom stereocenters. The van der Waals surface area contributed by atoms with Crippen molar-refractivity contribution in [1.82, 2.24) is 5.32 Å². The van der Waals surface area contributed by atoms with Gasteiger partial charge in [-0.1, -0.05) is 13.8 Å². The van der Waals surface area contributed by atoms with Crippen LogP contribution in [0.1, 0.15) is 19.4 Å². The SMILES string of the molecule is COc1ccc(C(NC(C(=O)O)C(C)C)(OC)OC)c(OC)c1OC. The quantitative estimate of drug-likeness (QED) is 0.612. The Balaban J connectivity index is 3.55. The molecule has 0 aromatic heterocycles. The van der Waals surface area contributed by atoms with E-state index in [2.05, 4.69) is 5.32 Å². The van der Waals surface area contributed by atoms with Crippen LogP contribution in [0.25, 0.3) is 0 Å². The molecule has 1 atom stereocenters. The third kappa shape index (κ3) is 4.15. The lowest BCUT2D eigenvalue weighted by Gasteiger charge is -2.36. The van der Waals surface area contributed by atoms with Gasteiger partial charge in [0.1, 0.15) is 6.04 Å². The Hall–Kier alpha value is -2.03. The molecule has 0 aliphatic carbocycles. The van der Waals surface area contributed by atoms with Crippen molar-refractivity contribution in [3.63, 3.8) is 0 Å². The highest BCUT2D eigenvalue weighted by Crippen LogP contribution is 2.44. The summed E-state index contributed by atoms with van der Waals surface area (Å²) >= 11 is 0. The van der Waals surface area contributed by atoms with Gasteiger partial charge < -0.3 is 28.8 Å². The first-order chi connectivity index (χ1) is 11.8. The number of carbonyl (C=O) groups is 1. The predicted molar refractivity (Wildman–Crippen MR) is 91.2 cm³/mol. The first-order valence-electron chi connectivity index (χ1n) is 7.72. The topological polar surface area (TPSA) is 95.5 Å². The van der Waals surface area contributed by atoms with E-state index in [4.69, 9.17) is 23.7 Å². The van der Waals surface area contributed by atoms with Crippen molar-refractivity contribution < 1.29 is 33.6 Å². The lowest BCUT2D eigenvalue weighted by Crippen LogP contribution is -2.55. The van der Waals surface area contributed by atoms with Gasteiger partial charge in [0, 0.05) is 14.2 Å². The number of benzene rings is 1. The first-order valence-corrected chi connectivity index (χ1v) is 7.72. The molecule has 0 saturated carbocycles. The fourth-order valence-corrected chi connectivity index (χ4v) is 2.58. The minimum atomic E-state index is -1.56. The summed E-state index contributed by atoms with van der Waals surface area (Å²) in [5, 5.41) is 12.4. The fraction of sp³-hybridized carbons (Fsp3) is 0.588. The van der Waals surface area contributed by atoms with Gasteiger partial charge in [-0.2, -0.15) is 0 Å². The maximum Gasteiger partial charge on any atom is 0.321 e. The Morgan fingerprint density at radius 2 is 1.56 bits per heavy atom. The Bertz CT molecular complexity index is 585. The maximum absolute atomic E-state index is 11.6. The van der Waals surface area contributed by atoms with E-state index in [1.807, 2.05) is 0 Å². The molecule has 0 aliphatic rings. The number of hydrogen-bond acceptors (Lipinski definition) is 7. The van der Waals surface area contributed by atoms with E-state index in [1.165, 1.54) is 35.5 Å². The molecule has 1 rings (SSSR count). The smallest absolute Gasteiger partial charge is 0.321 e. The standard InChI is InChI=1S/C17H27NO7/c1-10(2)13(16(19)20)18-17(24-6,25-7)11-8-9-12(21-3)15(23-5)14(11)22-4/h8-10,13,18H,1-7H3,(H,19,20). The van der Waals surface area contributed by atoms with Crippen LogP contribution in [0.15, 0.2) is 12.1 Å². The largest absolute Gasteiger partial charge is 0.493 e. The highest BCUT2D eigenvalue weighted by molar-refractivity contribution is 5.74. The van der Waals surface area contributed by atoms with E-state index in [1.54, 1.807) is 26.0 Å². The second kappa shape index (κ2) is 8.89. The van der Waals surface area contributed by atoms with Gasteiger partial charge in [-0.25, -0.2) is 5.32 Å². The molecule has 1 aromatic carbocycles. The maximum atomic E-state index is 11.6. The zero-order chi connectivity index (χ0) is 19.2. The lowest BCUT2D eigenvalue weighted by atomic mass is 10.0. The number of nitrogens with one attached hydrogen (secondary N) is 1. The van der Waals surface area contributed by atoms with E-state index in [0.717, 1.165) is 0 Å². The number of hydrogen-bond donors (Lipinski definition) is 2. The van der Waals surface area contributed by atoms with Crippen LogP contribution >= 0.6 is 0 Å². The summed E-state index contributed by atoms with van der Waals surface area (Å²) in [7, 11) is 7.27. The van der Waals surface area contributed by atoms with Crippen molar-refractivity contribution in [3.8, 4) is 17.2 Å². The number of aliphatic carboxylic acids is 1. The summed E-state index contributed by atoms with van der Waals surface area (Å²) in [5.74, 6) is -1.67. The molecule has 0 aliphatic heterocycles. The zero-order valence-electron chi connectivity index (χ0n) is 15.7. The van der Waals surface area contributed by atoms with Crippen molar-refractivity contribution in [1.29, 1.82) is 0 Å². The molecule has 1 aromatic rings. The van der Waals surface area contributed by atoms with Crippen molar-refractivity contribution >= 4 is 5.97 Å².